The summed E-state index contributed by atoms with van der Waals surface area (Å²) in [6.07, 6.45) is -0.636. The summed E-state index contributed by atoms with van der Waals surface area (Å²) in [5, 5.41) is 9.79. The third kappa shape index (κ3) is 3.95. The smallest absolute Gasteiger partial charge is 0.344 e. The molecule has 1 aromatic carbocycles. The molecule has 23 heavy (non-hydrogen) atoms. The van der Waals surface area contributed by atoms with Crippen molar-refractivity contribution in [2.24, 2.45) is 0 Å². The number of hydrogen-bond donors (Lipinski definition) is 0. The highest BCUT2D eigenvalue weighted by atomic mass is 32.1. The molecule has 0 spiro atoms. The largest absolute Gasteiger partial charge is 0.482 e. The molecule has 0 aliphatic carbocycles. The molecular weight excluding hydrogens is 316 g/mol. The SMILES string of the molecule is C[C@@H](OC(=O)COc1ccccc1)c1nnc(-c2cccs2)o1. The molecule has 0 fully saturated rings. The van der Waals surface area contributed by atoms with Gasteiger partial charge in [-0.15, -0.1) is 21.5 Å². The average molecular weight is 330 g/mol. The van der Waals surface area contributed by atoms with Gasteiger partial charge in [0.2, 0.25) is 0 Å². The number of esters is 1. The fourth-order valence-electron chi connectivity index (χ4n) is 1.84. The first-order valence-electron chi connectivity index (χ1n) is 6.97. The summed E-state index contributed by atoms with van der Waals surface area (Å²) in [5.74, 6) is 0.770. The zero-order chi connectivity index (χ0) is 16.1. The molecule has 0 bridgehead atoms. The van der Waals surface area contributed by atoms with Gasteiger partial charge in [-0.2, -0.15) is 0 Å². The molecule has 1 atom stereocenters. The molecule has 0 unspecified atom stereocenters. The molecule has 7 heteroatoms. The van der Waals surface area contributed by atoms with Crippen LogP contribution in [0.5, 0.6) is 5.75 Å². The number of thiophene rings is 1. The zero-order valence-corrected chi connectivity index (χ0v) is 13.2. The molecule has 0 aliphatic rings. The van der Waals surface area contributed by atoms with E-state index in [1.807, 2.05) is 35.7 Å². The maximum absolute atomic E-state index is 11.8. The van der Waals surface area contributed by atoms with Crippen molar-refractivity contribution < 1.29 is 18.7 Å². The molecule has 3 aromatic rings. The van der Waals surface area contributed by atoms with E-state index in [1.54, 1.807) is 19.1 Å². The van der Waals surface area contributed by atoms with Crippen molar-refractivity contribution in [1.82, 2.24) is 10.2 Å². The minimum atomic E-state index is -0.636. The predicted molar refractivity (Wildman–Crippen MR) is 84.1 cm³/mol. The van der Waals surface area contributed by atoms with E-state index in [0.29, 0.717) is 11.6 Å². The Morgan fingerprint density at radius 3 is 2.78 bits per heavy atom. The van der Waals surface area contributed by atoms with Crippen LogP contribution in [0.2, 0.25) is 0 Å². The highest BCUT2D eigenvalue weighted by Gasteiger charge is 2.19. The van der Waals surface area contributed by atoms with Crippen molar-refractivity contribution in [1.29, 1.82) is 0 Å². The third-order valence-corrected chi connectivity index (χ3v) is 3.79. The first-order chi connectivity index (χ1) is 11.2. The standard InChI is InChI=1S/C16H14N2O4S/c1-11(15-17-18-16(22-15)13-8-5-9-23-13)21-14(19)10-20-12-6-3-2-4-7-12/h2-9,11H,10H2,1H3/t11-/m1/s1. The van der Waals surface area contributed by atoms with E-state index in [1.165, 1.54) is 11.3 Å². The summed E-state index contributed by atoms with van der Waals surface area (Å²) in [6.45, 7) is 1.49. The maximum atomic E-state index is 11.8. The van der Waals surface area contributed by atoms with E-state index >= 15 is 0 Å². The van der Waals surface area contributed by atoms with E-state index in [4.69, 9.17) is 13.9 Å². The van der Waals surface area contributed by atoms with E-state index in [-0.39, 0.29) is 12.5 Å². The monoisotopic (exact) mass is 330 g/mol. The van der Waals surface area contributed by atoms with Crippen molar-refractivity contribution in [3.05, 3.63) is 53.7 Å². The Morgan fingerprint density at radius 2 is 2.04 bits per heavy atom. The Bertz CT molecular complexity index is 756. The van der Waals surface area contributed by atoms with Gasteiger partial charge in [-0.1, -0.05) is 24.3 Å². The summed E-state index contributed by atoms with van der Waals surface area (Å²) < 4.78 is 16.1. The molecule has 0 saturated heterocycles. The molecule has 118 valence electrons. The highest BCUT2D eigenvalue weighted by Crippen LogP contribution is 2.25. The molecule has 0 amide bonds. The van der Waals surface area contributed by atoms with Gasteiger partial charge in [0.25, 0.3) is 11.8 Å². The number of aromatic nitrogens is 2. The molecule has 2 heterocycles. The molecule has 0 N–H and O–H groups in total. The third-order valence-electron chi connectivity index (χ3n) is 2.93. The average Bonchev–Trinajstić information content (AvgIpc) is 3.24. The number of carbonyl (C=O) groups is 1. The van der Waals surface area contributed by atoms with Crippen molar-refractivity contribution in [3.63, 3.8) is 0 Å². The van der Waals surface area contributed by atoms with Gasteiger partial charge in [-0.3, -0.25) is 0 Å². The van der Waals surface area contributed by atoms with Crippen LogP contribution in [0.4, 0.5) is 0 Å². The summed E-state index contributed by atoms with van der Waals surface area (Å²) in [5.41, 5.74) is 0. The fourth-order valence-corrected chi connectivity index (χ4v) is 2.48. The van der Waals surface area contributed by atoms with Gasteiger partial charge >= 0.3 is 5.97 Å². The molecule has 2 aromatic heterocycles. The van der Waals surface area contributed by atoms with Crippen LogP contribution in [0.3, 0.4) is 0 Å². The van der Waals surface area contributed by atoms with Gasteiger partial charge in [0, 0.05) is 0 Å². The second-order valence-corrected chi connectivity index (χ2v) is 5.60. The minimum absolute atomic E-state index is 0.180. The number of ether oxygens (including phenoxy) is 2. The van der Waals surface area contributed by atoms with E-state index in [0.717, 1.165) is 4.88 Å². The van der Waals surface area contributed by atoms with Crippen LogP contribution in [-0.4, -0.2) is 22.8 Å². The van der Waals surface area contributed by atoms with E-state index in [9.17, 15) is 4.79 Å². The van der Waals surface area contributed by atoms with Gasteiger partial charge in [-0.05, 0) is 30.5 Å². The second kappa shape index (κ2) is 7.06. The number of carbonyl (C=O) groups excluding carboxylic acids is 1. The second-order valence-electron chi connectivity index (χ2n) is 4.66. The normalized spacial score (nSPS) is 11.9. The van der Waals surface area contributed by atoms with Crippen LogP contribution in [0.15, 0.2) is 52.3 Å². The molecule has 0 saturated carbocycles. The molecule has 0 aliphatic heterocycles. The van der Waals surface area contributed by atoms with Crippen LogP contribution < -0.4 is 4.74 Å². The number of nitrogens with zero attached hydrogens (tertiary/aromatic N) is 2. The van der Waals surface area contributed by atoms with Crippen LogP contribution in [0.1, 0.15) is 18.9 Å². The predicted octanol–water partition coefficient (Wildman–Crippen LogP) is 3.48. The van der Waals surface area contributed by atoms with Crippen LogP contribution in [0.25, 0.3) is 10.8 Å². The van der Waals surface area contributed by atoms with Crippen molar-refractivity contribution in [3.8, 4) is 16.5 Å². The molecule has 3 rings (SSSR count). The van der Waals surface area contributed by atoms with Crippen molar-refractivity contribution in [2.75, 3.05) is 6.61 Å². The Labute approximate surface area is 136 Å². The summed E-state index contributed by atoms with van der Waals surface area (Å²) in [7, 11) is 0. The van der Waals surface area contributed by atoms with Crippen molar-refractivity contribution in [2.45, 2.75) is 13.0 Å². The molecule has 6 nitrogen and oxygen atoms in total. The Kier molecular flexibility index (Phi) is 4.68. The lowest BCUT2D eigenvalue weighted by Crippen LogP contribution is -2.17. The molecular formula is C16H14N2O4S. The number of benzene rings is 1. The fraction of sp³-hybridized carbons (Fsp3) is 0.188. The lowest BCUT2D eigenvalue weighted by molar-refractivity contribution is -0.152. The number of rotatable bonds is 6. The quantitative estimate of drug-likeness (QED) is 0.644. The summed E-state index contributed by atoms with van der Waals surface area (Å²) in [4.78, 5) is 12.7. The van der Waals surface area contributed by atoms with Crippen LogP contribution in [0, 0.1) is 0 Å². The number of hydrogen-bond acceptors (Lipinski definition) is 7. The Morgan fingerprint density at radius 1 is 1.22 bits per heavy atom. The van der Waals surface area contributed by atoms with E-state index < -0.39 is 12.1 Å². The first-order valence-corrected chi connectivity index (χ1v) is 7.85. The van der Waals surface area contributed by atoms with Gasteiger partial charge < -0.3 is 13.9 Å². The zero-order valence-electron chi connectivity index (χ0n) is 12.3. The minimum Gasteiger partial charge on any atom is -0.482 e. The van der Waals surface area contributed by atoms with Crippen LogP contribution >= 0.6 is 11.3 Å². The summed E-state index contributed by atoms with van der Waals surface area (Å²) in [6, 6.07) is 12.8. The lowest BCUT2D eigenvalue weighted by atomic mass is 10.3. The first kappa shape index (κ1) is 15.2. The summed E-state index contributed by atoms with van der Waals surface area (Å²) >= 11 is 1.50. The number of para-hydroxylation sites is 1. The van der Waals surface area contributed by atoms with Gasteiger partial charge in [0.15, 0.2) is 12.7 Å². The van der Waals surface area contributed by atoms with Gasteiger partial charge in [-0.25, -0.2) is 4.79 Å². The maximum Gasteiger partial charge on any atom is 0.344 e. The van der Waals surface area contributed by atoms with Gasteiger partial charge in [0.1, 0.15) is 5.75 Å². The highest BCUT2D eigenvalue weighted by molar-refractivity contribution is 7.13. The van der Waals surface area contributed by atoms with Gasteiger partial charge in [0.05, 0.1) is 4.88 Å². The lowest BCUT2D eigenvalue weighted by Gasteiger charge is -2.10. The topological polar surface area (TPSA) is 74.5 Å². The Balaban J connectivity index is 1.54. The van der Waals surface area contributed by atoms with Crippen molar-refractivity contribution >= 4 is 17.3 Å². The molecule has 0 radical (unpaired) electrons. The van der Waals surface area contributed by atoms with E-state index in [2.05, 4.69) is 10.2 Å². The van der Waals surface area contributed by atoms with Crippen LogP contribution in [-0.2, 0) is 9.53 Å². The Hall–Kier alpha value is -2.67.